The summed E-state index contributed by atoms with van der Waals surface area (Å²) in [6.07, 6.45) is -3.91. The molecule has 1 aromatic carbocycles. The van der Waals surface area contributed by atoms with E-state index in [0.717, 1.165) is 36.1 Å². The monoisotopic (exact) mass is 408 g/mol. The molecule has 0 aliphatic carbocycles. The van der Waals surface area contributed by atoms with Crippen molar-refractivity contribution in [3.05, 3.63) is 47.1 Å². The summed E-state index contributed by atoms with van der Waals surface area (Å²) in [7, 11) is -4.50. The number of nitrogens with one attached hydrogen (secondary N) is 1. The van der Waals surface area contributed by atoms with E-state index < -0.39 is 27.1 Å². The Kier molecular flexibility index (Phi) is 4.66. The van der Waals surface area contributed by atoms with Gasteiger partial charge in [0.05, 0.1) is 11.7 Å². The number of rotatable bonds is 4. The van der Waals surface area contributed by atoms with Gasteiger partial charge in [0.1, 0.15) is 16.5 Å². The molecule has 12 heteroatoms. The zero-order valence-corrected chi connectivity index (χ0v) is 14.4. The second kappa shape index (κ2) is 6.48. The average molecular weight is 409 g/mol. The van der Waals surface area contributed by atoms with Crippen LogP contribution in [-0.2, 0) is 10.0 Å². The minimum atomic E-state index is -4.85. The summed E-state index contributed by atoms with van der Waals surface area (Å²) in [5.41, 5.74) is 0.113. The van der Waals surface area contributed by atoms with E-state index in [4.69, 9.17) is 11.6 Å². The van der Waals surface area contributed by atoms with Gasteiger partial charge in [-0.05, 0) is 23.8 Å². The highest BCUT2D eigenvalue weighted by molar-refractivity contribution is 7.89. The van der Waals surface area contributed by atoms with E-state index in [1.165, 1.54) is 12.1 Å². The number of hydrogen-bond acceptors (Lipinski definition) is 6. The predicted molar refractivity (Wildman–Crippen MR) is 85.8 cm³/mol. The van der Waals surface area contributed by atoms with Crippen molar-refractivity contribution < 1.29 is 21.6 Å². The number of sulfonamides is 1. The summed E-state index contributed by atoms with van der Waals surface area (Å²) in [5, 5.41) is 0.234. The van der Waals surface area contributed by atoms with Crippen molar-refractivity contribution >= 4 is 44.5 Å². The highest BCUT2D eigenvalue weighted by atomic mass is 35.5. The molecule has 0 bridgehead atoms. The average Bonchev–Trinajstić information content (AvgIpc) is 3.00. The Balaban J connectivity index is 1.98. The van der Waals surface area contributed by atoms with Gasteiger partial charge in [-0.1, -0.05) is 23.7 Å². The second-order valence-electron chi connectivity index (χ2n) is 4.93. The Morgan fingerprint density at radius 1 is 1.16 bits per heavy atom. The zero-order chi connectivity index (χ0) is 18.2. The molecule has 2 heterocycles. The lowest BCUT2D eigenvalue weighted by atomic mass is 10.1. The highest BCUT2D eigenvalue weighted by Gasteiger charge is 2.43. The van der Waals surface area contributed by atoms with Crippen LogP contribution in [0.25, 0.3) is 11.2 Å². The number of fused-ring (bicyclic) bond motifs is 1. The van der Waals surface area contributed by atoms with Crippen LogP contribution in [-0.4, -0.2) is 28.3 Å². The van der Waals surface area contributed by atoms with E-state index in [-0.39, 0.29) is 21.7 Å². The third kappa shape index (κ3) is 3.89. The van der Waals surface area contributed by atoms with E-state index >= 15 is 0 Å². The van der Waals surface area contributed by atoms with Gasteiger partial charge in [0.15, 0.2) is 5.65 Å². The van der Waals surface area contributed by atoms with Crippen LogP contribution in [0.4, 0.5) is 13.2 Å². The molecule has 0 amide bonds. The maximum atomic E-state index is 13.4. The Labute approximate surface area is 149 Å². The molecule has 0 aliphatic rings. The molecule has 2 aromatic heterocycles. The van der Waals surface area contributed by atoms with Gasteiger partial charge in [0, 0.05) is 11.2 Å². The molecule has 25 heavy (non-hydrogen) atoms. The first kappa shape index (κ1) is 18.0. The van der Waals surface area contributed by atoms with Gasteiger partial charge in [0.25, 0.3) is 0 Å². The van der Waals surface area contributed by atoms with Gasteiger partial charge in [-0.2, -0.15) is 26.6 Å². The summed E-state index contributed by atoms with van der Waals surface area (Å²) in [6.45, 7) is 0. The topological polar surface area (TPSA) is 84.8 Å². The second-order valence-corrected chi connectivity index (χ2v) is 7.60. The van der Waals surface area contributed by atoms with Gasteiger partial charge < -0.3 is 0 Å². The summed E-state index contributed by atoms with van der Waals surface area (Å²) in [4.78, 5) is 3.35. The molecule has 3 rings (SSSR count). The fraction of sp³-hybridized carbons (Fsp3) is 0.154. The van der Waals surface area contributed by atoms with Crippen LogP contribution >= 0.6 is 23.3 Å². The zero-order valence-electron chi connectivity index (χ0n) is 12.0. The van der Waals surface area contributed by atoms with Crippen molar-refractivity contribution in [1.82, 2.24) is 18.5 Å². The van der Waals surface area contributed by atoms with Crippen LogP contribution in [0.3, 0.4) is 0 Å². The van der Waals surface area contributed by atoms with Crippen LogP contribution in [0.2, 0.25) is 5.02 Å². The first-order valence-corrected chi connectivity index (χ1v) is 9.19. The van der Waals surface area contributed by atoms with Gasteiger partial charge in [-0.25, -0.2) is 13.4 Å². The van der Waals surface area contributed by atoms with Crippen LogP contribution < -0.4 is 4.72 Å². The Morgan fingerprint density at radius 3 is 2.48 bits per heavy atom. The van der Waals surface area contributed by atoms with Crippen LogP contribution in [0.1, 0.15) is 11.6 Å². The Hall–Kier alpha value is -1.82. The molecule has 1 atom stereocenters. The van der Waals surface area contributed by atoms with Crippen molar-refractivity contribution in [2.75, 3.05) is 0 Å². The van der Waals surface area contributed by atoms with Crippen molar-refractivity contribution in [1.29, 1.82) is 0 Å². The van der Waals surface area contributed by atoms with Crippen molar-refractivity contribution in [2.24, 2.45) is 0 Å². The fourth-order valence-electron chi connectivity index (χ4n) is 2.02. The lowest BCUT2D eigenvalue weighted by Gasteiger charge is -2.22. The maximum Gasteiger partial charge on any atom is 0.408 e. The van der Waals surface area contributed by atoms with E-state index in [1.807, 2.05) is 0 Å². The van der Waals surface area contributed by atoms with Crippen LogP contribution in [0.15, 0.2) is 41.4 Å². The first-order valence-electron chi connectivity index (χ1n) is 6.60. The summed E-state index contributed by atoms with van der Waals surface area (Å²) in [5.74, 6) is 0. The summed E-state index contributed by atoms with van der Waals surface area (Å²) >= 11 is 6.48. The Bertz CT molecular complexity index is 1010. The number of halogens is 4. The molecule has 1 N–H and O–H groups in total. The third-order valence-corrected chi connectivity index (χ3v) is 5.38. The SMILES string of the molecule is O=S(=O)(N[C@H](c1ccc(Cl)cc1)C(F)(F)F)c1cnc2nsnc2c1. The van der Waals surface area contributed by atoms with Gasteiger partial charge in [0.2, 0.25) is 10.0 Å². The molecule has 3 aromatic rings. The highest BCUT2D eigenvalue weighted by Crippen LogP contribution is 2.34. The molecule has 6 nitrogen and oxygen atoms in total. The number of hydrogen-bond donors (Lipinski definition) is 1. The lowest BCUT2D eigenvalue weighted by molar-refractivity contribution is -0.153. The quantitative estimate of drug-likeness (QED) is 0.715. The smallest absolute Gasteiger partial charge is 0.233 e. The number of alkyl halides is 3. The molecule has 132 valence electrons. The minimum Gasteiger partial charge on any atom is -0.233 e. The number of benzene rings is 1. The van der Waals surface area contributed by atoms with Gasteiger partial charge in [-0.15, -0.1) is 0 Å². The molecule has 0 saturated carbocycles. The lowest BCUT2D eigenvalue weighted by Crippen LogP contribution is -2.38. The van der Waals surface area contributed by atoms with E-state index in [0.29, 0.717) is 0 Å². The largest absolute Gasteiger partial charge is 0.408 e. The number of nitrogens with zero attached hydrogens (tertiary/aromatic N) is 3. The van der Waals surface area contributed by atoms with Gasteiger partial charge in [-0.3, -0.25) is 0 Å². The molecule has 0 spiro atoms. The minimum absolute atomic E-state index is 0.183. The predicted octanol–water partition coefficient (Wildman–Crippen LogP) is 3.32. The van der Waals surface area contributed by atoms with Crippen molar-refractivity contribution in [3.8, 4) is 0 Å². The number of pyridine rings is 1. The van der Waals surface area contributed by atoms with E-state index in [1.54, 1.807) is 4.72 Å². The maximum absolute atomic E-state index is 13.4. The van der Waals surface area contributed by atoms with Crippen LogP contribution in [0, 0.1) is 0 Å². The van der Waals surface area contributed by atoms with Gasteiger partial charge >= 0.3 is 6.18 Å². The fourth-order valence-corrected chi connectivity index (χ4v) is 3.80. The standard InChI is InChI=1S/C13H8ClF3N4O2S2/c14-8-3-1-7(2-4-8)11(13(15,16)17)21-25(22,23)9-5-10-12(18-6-9)20-24-19-10/h1-6,11,21H/t11-/m1/s1. The normalized spacial score (nSPS) is 13.9. The summed E-state index contributed by atoms with van der Waals surface area (Å²) < 4.78 is 74.1. The van der Waals surface area contributed by atoms with Crippen molar-refractivity contribution in [2.45, 2.75) is 17.1 Å². The molecular weight excluding hydrogens is 401 g/mol. The molecule has 0 fully saturated rings. The molecular formula is C13H8ClF3N4O2S2. The Morgan fingerprint density at radius 2 is 1.84 bits per heavy atom. The van der Waals surface area contributed by atoms with E-state index in [2.05, 4.69) is 13.7 Å². The molecule has 0 aliphatic heterocycles. The first-order chi connectivity index (χ1) is 11.7. The third-order valence-electron chi connectivity index (χ3n) is 3.20. The van der Waals surface area contributed by atoms with Crippen LogP contribution in [0.5, 0.6) is 0 Å². The molecule has 0 unspecified atom stereocenters. The van der Waals surface area contributed by atoms with E-state index in [9.17, 15) is 21.6 Å². The molecule has 0 radical (unpaired) electrons. The number of aromatic nitrogens is 3. The molecule has 0 saturated heterocycles. The summed E-state index contributed by atoms with van der Waals surface area (Å²) in [6, 6.07) is 3.39. The van der Waals surface area contributed by atoms with Crippen molar-refractivity contribution in [3.63, 3.8) is 0 Å².